The molecule has 0 aliphatic carbocycles. The number of hydrogen-bond donors (Lipinski definition) is 1. The summed E-state index contributed by atoms with van der Waals surface area (Å²) in [4.78, 5) is 20.6. The molecular weight excluding hydrogens is 442 g/mol. The van der Waals surface area contributed by atoms with Crippen LogP contribution < -0.4 is 10.3 Å². The van der Waals surface area contributed by atoms with E-state index in [4.69, 9.17) is 9.72 Å². The fraction of sp³-hybridized carbons (Fsp3) is 0.522. The highest BCUT2D eigenvalue weighted by Crippen LogP contribution is 2.33. The first-order valence-electron chi connectivity index (χ1n) is 11.5. The van der Waals surface area contributed by atoms with Crippen molar-refractivity contribution in [2.45, 2.75) is 51.3 Å². The van der Waals surface area contributed by atoms with Gasteiger partial charge >= 0.3 is 0 Å². The molecule has 1 atom stereocenters. The van der Waals surface area contributed by atoms with Gasteiger partial charge in [-0.2, -0.15) is 9.40 Å². The average Bonchev–Trinajstić information content (AvgIpc) is 3.10. The minimum Gasteiger partial charge on any atom is -0.493 e. The monoisotopic (exact) mass is 473 g/mol. The van der Waals surface area contributed by atoms with E-state index in [0.29, 0.717) is 54.4 Å². The highest BCUT2D eigenvalue weighted by Gasteiger charge is 2.30. The van der Waals surface area contributed by atoms with E-state index in [1.165, 1.54) is 4.68 Å². The maximum absolute atomic E-state index is 13.4. The molecule has 0 radical (unpaired) electrons. The lowest BCUT2D eigenvalue weighted by molar-refractivity contribution is 0.281. The van der Waals surface area contributed by atoms with E-state index >= 15 is 0 Å². The van der Waals surface area contributed by atoms with Crippen LogP contribution in [0.2, 0.25) is 0 Å². The maximum Gasteiger partial charge on any atom is 0.277 e. The second kappa shape index (κ2) is 9.26. The molecule has 4 rings (SSSR count). The van der Waals surface area contributed by atoms with E-state index in [1.807, 2.05) is 13.8 Å². The van der Waals surface area contributed by atoms with E-state index in [1.54, 1.807) is 29.6 Å². The third kappa shape index (κ3) is 4.41. The lowest BCUT2D eigenvalue weighted by Gasteiger charge is -2.30. The van der Waals surface area contributed by atoms with Gasteiger partial charge in [0.2, 0.25) is 10.0 Å². The van der Waals surface area contributed by atoms with Crippen LogP contribution in [0.25, 0.3) is 22.4 Å². The fourth-order valence-electron chi connectivity index (χ4n) is 4.43. The Morgan fingerprint density at radius 2 is 2.06 bits per heavy atom. The Hall–Kier alpha value is -2.72. The van der Waals surface area contributed by atoms with Crippen molar-refractivity contribution in [3.05, 3.63) is 34.2 Å². The van der Waals surface area contributed by atoms with Gasteiger partial charge in [0, 0.05) is 20.1 Å². The standard InChI is InChI=1S/C23H31N5O4S/c1-5-8-18-20-21(27(4)26-18)23(29)25-22(24-20)17-13-16(10-11-19(17)32-6-2)33(30,31)28-12-7-9-15(3)14-28/h10-11,13,15H,5-9,12,14H2,1-4H3,(H,24,25,29). The molecule has 9 nitrogen and oxygen atoms in total. The molecule has 3 heterocycles. The minimum absolute atomic E-state index is 0.165. The molecule has 0 spiro atoms. The largest absolute Gasteiger partial charge is 0.493 e. The van der Waals surface area contributed by atoms with Crippen molar-refractivity contribution in [3.8, 4) is 17.1 Å². The summed E-state index contributed by atoms with van der Waals surface area (Å²) in [7, 11) is -1.96. The Kier molecular flexibility index (Phi) is 6.58. The number of H-pyrrole nitrogens is 1. The summed E-state index contributed by atoms with van der Waals surface area (Å²) in [6.07, 6.45) is 3.42. The second-order valence-corrected chi connectivity index (χ2v) is 10.6. The number of aromatic nitrogens is 4. The zero-order chi connectivity index (χ0) is 23.8. The minimum atomic E-state index is -3.68. The summed E-state index contributed by atoms with van der Waals surface area (Å²) >= 11 is 0. The first kappa shape index (κ1) is 23.4. The van der Waals surface area contributed by atoms with Crippen molar-refractivity contribution in [2.24, 2.45) is 13.0 Å². The van der Waals surface area contributed by atoms with Gasteiger partial charge in [0.15, 0.2) is 5.52 Å². The van der Waals surface area contributed by atoms with Crippen LogP contribution in [0, 0.1) is 5.92 Å². The SMILES string of the molecule is CCCc1nn(C)c2c(=O)[nH]c(-c3cc(S(=O)(=O)N4CCCC(C)C4)ccc3OCC)nc12. The quantitative estimate of drug-likeness (QED) is 0.565. The average molecular weight is 474 g/mol. The third-order valence-electron chi connectivity index (χ3n) is 6.01. The van der Waals surface area contributed by atoms with Gasteiger partial charge in [-0.15, -0.1) is 0 Å². The number of ether oxygens (including phenoxy) is 1. The topological polar surface area (TPSA) is 110 Å². The van der Waals surface area contributed by atoms with Gasteiger partial charge in [0.05, 0.1) is 22.8 Å². The molecule has 10 heteroatoms. The summed E-state index contributed by atoms with van der Waals surface area (Å²) in [5, 5.41) is 4.46. The van der Waals surface area contributed by atoms with Crippen LogP contribution in [-0.4, -0.2) is 52.2 Å². The molecule has 1 saturated heterocycles. The van der Waals surface area contributed by atoms with Crippen molar-refractivity contribution in [3.63, 3.8) is 0 Å². The van der Waals surface area contributed by atoms with Gasteiger partial charge in [-0.3, -0.25) is 9.48 Å². The molecule has 1 aliphatic heterocycles. The predicted molar refractivity (Wildman–Crippen MR) is 127 cm³/mol. The van der Waals surface area contributed by atoms with Gasteiger partial charge in [-0.25, -0.2) is 13.4 Å². The Bertz CT molecular complexity index is 1330. The highest BCUT2D eigenvalue weighted by molar-refractivity contribution is 7.89. The number of sulfonamides is 1. The first-order valence-corrected chi connectivity index (χ1v) is 12.9. The molecule has 0 bridgehead atoms. The molecule has 0 amide bonds. The number of rotatable bonds is 7. The Morgan fingerprint density at radius 3 is 2.76 bits per heavy atom. The van der Waals surface area contributed by atoms with Gasteiger partial charge in [-0.1, -0.05) is 20.3 Å². The number of aromatic amines is 1. The van der Waals surface area contributed by atoms with Crippen LogP contribution in [0.5, 0.6) is 5.75 Å². The molecule has 3 aromatic rings. The molecule has 2 aromatic heterocycles. The fourth-order valence-corrected chi connectivity index (χ4v) is 6.05. The number of nitrogens with zero attached hydrogens (tertiary/aromatic N) is 4. The normalized spacial score (nSPS) is 17.5. The molecule has 1 aliphatic rings. The lowest BCUT2D eigenvalue weighted by Crippen LogP contribution is -2.39. The molecule has 33 heavy (non-hydrogen) atoms. The highest BCUT2D eigenvalue weighted by atomic mass is 32.2. The van der Waals surface area contributed by atoms with Crippen LogP contribution in [0.15, 0.2) is 27.9 Å². The zero-order valence-electron chi connectivity index (χ0n) is 19.6. The molecule has 0 saturated carbocycles. The van der Waals surface area contributed by atoms with Crippen LogP contribution in [0.4, 0.5) is 0 Å². The summed E-state index contributed by atoms with van der Waals surface area (Å²) in [5.74, 6) is 1.05. The second-order valence-electron chi connectivity index (χ2n) is 8.63. The zero-order valence-corrected chi connectivity index (χ0v) is 20.4. The smallest absolute Gasteiger partial charge is 0.277 e. The van der Waals surface area contributed by atoms with Crippen molar-refractivity contribution in [1.82, 2.24) is 24.1 Å². The Balaban J connectivity index is 1.87. The van der Waals surface area contributed by atoms with Gasteiger partial charge in [0.25, 0.3) is 5.56 Å². The van der Waals surface area contributed by atoms with Crippen molar-refractivity contribution in [1.29, 1.82) is 0 Å². The van der Waals surface area contributed by atoms with Gasteiger partial charge in [-0.05, 0) is 50.3 Å². The van der Waals surface area contributed by atoms with Crippen LogP contribution in [-0.2, 0) is 23.5 Å². The molecule has 1 unspecified atom stereocenters. The van der Waals surface area contributed by atoms with E-state index in [2.05, 4.69) is 17.0 Å². The molecule has 1 fully saturated rings. The van der Waals surface area contributed by atoms with Crippen LogP contribution in [0.1, 0.15) is 45.7 Å². The maximum atomic E-state index is 13.4. The Labute approximate surface area is 193 Å². The number of fused-ring (bicyclic) bond motifs is 1. The summed E-state index contributed by atoms with van der Waals surface area (Å²) < 4.78 is 35.6. The third-order valence-corrected chi connectivity index (χ3v) is 7.87. The summed E-state index contributed by atoms with van der Waals surface area (Å²) in [5.41, 5.74) is 1.78. The van der Waals surface area contributed by atoms with E-state index in [-0.39, 0.29) is 16.3 Å². The molecule has 1 aromatic carbocycles. The van der Waals surface area contributed by atoms with Crippen LogP contribution >= 0.6 is 0 Å². The number of benzene rings is 1. The first-order chi connectivity index (χ1) is 15.8. The van der Waals surface area contributed by atoms with Crippen molar-refractivity contribution >= 4 is 21.1 Å². The number of piperidine rings is 1. The lowest BCUT2D eigenvalue weighted by atomic mass is 10.0. The van der Waals surface area contributed by atoms with Crippen molar-refractivity contribution < 1.29 is 13.2 Å². The van der Waals surface area contributed by atoms with E-state index in [0.717, 1.165) is 25.0 Å². The van der Waals surface area contributed by atoms with Crippen LogP contribution in [0.3, 0.4) is 0 Å². The molecular formula is C23H31N5O4S. The van der Waals surface area contributed by atoms with Gasteiger partial charge < -0.3 is 9.72 Å². The number of aryl methyl sites for hydroxylation is 2. The summed E-state index contributed by atoms with van der Waals surface area (Å²) in [6.45, 7) is 7.36. The Morgan fingerprint density at radius 1 is 1.27 bits per heavy atom. The van der Waals surface area contributed by atoms with E-state index in [9.17, 15) is 13.2 Å². The molecule has 178 valence electrons. The molecule has 1 N–H and O–H groups in total. The van der Waals surface area contributed by atoms with Crippen molar-refractivity contribution in [2.75, 3.05) is 19.7 Å². The summed E-state index contributed by atoms with van der Waals surface area (Å²) in [6, 6.07) is 4.76. The number of nitrogens with one attached hydrogen (secondary N) is 1. The van der Waals surface area contributed by atoms with Gasteiger partial charge in [0.1, 0.15) is 17.1 Å². The number of hydrogen-bond acceptors (Lipinski definition) is 6. The predicted octanol–water partition coefficient (Wildman–Crippen LogP) is 3.10. The van der Waals surface area contributed by atoms with E-state index < -0.39 is 10.0 Å².